The number of rotatable bonds is 7. The van der Waals surface area contributed by atoms with E-state index in [0.717, 1.165) is 37.0 Å². The van der Waals surface area contributed by atoms with Crippen LogP contribution < -0.4 is 0 Å². The lowest BCUT2D eigenvalue weighted by Crippen LogP contribution is -2.36. The third-order valence-corrected chi connectivity index (χ3v) is 7.74. The number of alkyl halides is 3. The number of aromatic nitrogens is 2. The van der Waals surface area contributed by atoms with Crippen LogP contribution in [0.15, 0.2) is 53.7 Å². The average Bonchev–Trinajstić information content (AvgIpc) is 3.14. The van der Waals surface area contributed by atoms with Gasteiger partial charge in [0.2, 0.25) is 0 Å². The summed E-state index contributed by atoms with van der Waals surface area (Å²) in [6, 6.07) is 13.2. The molecule has 1 aliphatic carbocycles. The van der Waals surface area contributed by atoms with E-state index in [4.69, 9.17) is 4.74 Å². The van der Waals surface area contributed by atoms with Crippen LogP contribution in [0.4, 0.5) is 13.2 Å². The van der Waals surface area contributed by atoms with E-state index in [1.54, 1.807) is 0 Å². The van der Waals surface area contributed by atoms with Crippen LogP contribution in [0.1, 0.15) is 51.2 Å². The third-order valence-electron chi connectivity index (χ3n) is 6.79. The smallest absolute Gasteiger partial charge is 0.416 e. The first-order chi connectivity index (χ1) is 16.6. The Hall–Kier alpha value is -2.48. The second-order valence-corrected chi connectivity index (χ2v) is 10.8. The van der Waals surface area contributed by atoms with Gasteiger partial charge in [0, 0.05) is 0 Å². The fourth-order valence-electron chi connectivity index (χ4n) is 4.89. The molecule has 1 fully saturated rings. The van der Waals surface area contributed by atoms with Crippen molar-refractivity contribution in [1.29, 1.82) is 0 Å². The summed E-state index contributed by atoms with van der Waals surface area (Å²) in [5, 5.41) is 0.498. The zero-order valence-electron chi connectivity index (χ0n) is 20.2. The summed E-state index contributed by atoms with van der Waals surface area (Å²) in [7, 11) is 0. The standard InChI is InChI=1S/C27H31F3N2O2S/c1-17(2)21-11-9-18(3)13-24(21)34-25(33)16-35-26-31-22-14-20(27(28,29)30)10-12-23(22)32(26)15-19-7-5-4-6-8-19/h4-8,10,12,14,17-18,21,24H,9,11,13,15-16H2,1-3H3/t18-,21-,24+/m1/s1. The molecule has 2 aromatic carbocycles. The maximum absolute atomic E-state index is 13.3. The van der Waals surface area contributed by atoms with Crippen molar-refractivity contribution in [3.63, 3.8) is 0 Å². The van der Waals surface area contributed by atoms with Crippen molar-refractivity contribution < 1.29 is 22.7 Å². The van der Waals surface area contributed by atoms with Crippen LogP contribution in [-0.2, 0) is 22.3 Å². The predicted molar refractivity (Wildman–Crippen MR) is 132 cm³/mol. The van der Waals surface area contributed by atoms with Crippen molar-refractivity contribution in [2.24, 2.45) is 17.8 Å². The van der Waals surface area contributed by atoms with Crippen molar-refractivity contribution >= 4 is 28.8 Å². The van der Waals surface area contributed by atoms with Gasteiger partial charge in [-0.25, -0.2) is 4.98 Å². The molecule has 0 aliphatic heterocycles. The zero-order chi connectivity index (χ0) is 25.2. The molecule has 35 heavy (non-hydrogen) atoms. The molecular weight excluding hydrogens is 473 g/mol. The molecule has 0 unspecified atom stereocenters. The number of ether oxygens (including phenoxy) is 1. The quantitative estimate of drug-likeness (QED) is 0.252. The van der Waals surface area contributed by atoms with Crippen LogP contribution >= 0.6 is 11.8 Å². The minimum Gasteiger partial charge on any atom is -0.461 e. The molecule has 1 saturated carbocycles. The molecule has 4 nitrogen and oxygen atoms in total. The number of halogens is 3. The maximum Gasteiger partial charge on any atom is 0.416 e. The Morgan fingerprint density at radius 3 is 2.60 bits per heavy atom. The van der Waals surface area contributed by atoms with Crippen LogP contribution in [0.25, 0.3) is 11.0 Å². The number of esters is 1. The third kappa shape index (κ3) is 6.21. The van der Waals surface area contributed by atoms with Gasteiger partial charge in [-0.05, 0) is 54.4 Å². The van der Waals surface area contributed by atoms with Crippen LogP contribution in [0.2, 0.25) is 0 Å². The number of carbonyl (C=O) groups excluding carboxylic acids is 1. The maximum atomic E-state index is 13.3. The number of benzene rings is 2. The van der Waals surface area contributed by atoms with E-state index in [-0.39, 0.29) is 23.3 Å². The summed E-state index contributed by atoms with van der Waals surface area (Å²) < 4.78 is 47.6. The average molecular weight is 505 g/mol. The van der Waals surface area contributed by atoms with E-state index < -0.39 is 11.7 Å². The Labute approximate surface area is 208 Å². The van der Waals surface area contributed by atoms with Crippen LogP contribution in [0, 0.1) is 17.8 Å². The van der Waals surface area contributed by atoms with E-state index in [2.05, 4.69) is 25.8 Å². The number of nitrogens with zero attached hydrogens (tertiary/aromatic N) is 2. The van der Waals surface area contributed by atoms with E-state index in [1.165, 1.54) is 17.8 Å². The van der Waals surface area contributed by atoms with Gasteiger partial charge in [0.1, 0.15) is 6.10 Å². The molecule has 1 aromatic heterocycles. The van der Waals surface area contributed by atoms with Gasteiger partial charge in [-0.15, -0.1) is 0 Å². The van der Waals surface area contributed by atoms with Gasteiger partial charge in [-0.3, -0.25) is 4.79 Å². The van der Waals surface area contributed by atoms with Crippen molar-refractivity contribution in [3.05, 3.63) is 59.7 Å². The molecule has 188 valence electrons. The Morgan fingerprint density at radius 1 is 1.17 bits per heavy atom. The first-order valence-corrected chi connectivity index (χ1v) is 13.0. The number of fused-ring (bicyclic) bond motifs is 1. The fraction of sp³-hybridized carbons (Fsp3) is 0.481. The van der Waals surface area contributed by atoms with Crippen LogP contribution in [0.5, 0.6) is 0 Å². The lowest BCUT2D eigenvalue weighted by molar-refractivity contribution is -0.152. The van der Waals surface area contributed by atoms with Gasteiger partial charge in [-0.1, -0.05) is 69.3 Å². The second-order valence-electron chi connectivity index (χ2n) is 9.81. The summed E-state index contributed by atoms with van der Waals surface area (Å²) in [6.45, 7) is 6.96. The largest absolute Gasteiger partial charge is 0.461 e. The minimum atomic E-state index is -4.45. The van der Waals surface area contributed by atoms with Gasteiger partial charge >= 0.3 is 12.1 Å². The van der Waals surface area contributed by atoms with E-state index in [0.29, 0.717) is 35.0 Å². The molecular formula is C27H31F3N2O2S. The predicted octanol–water partition coefficient (Wildman–Crippen LogP) is 7.20. The molecule has 3 atom stereocenters. The van der Waals surface area contributed by atoms with E-state index in [9.17, 15) is 18.0 Å². The zero-order valence-corrected chi connectivity index (χ0v) is 21.0. The van der Waals surface area contributed by atoms with Crippen molar-refractivity contribution in [2.45, 2.75) is 64.0 Å². The summed E-state index contributed by atoms with van der Waals surface area (Å²) >= 11 is 1.21. The molecule has 0 spiro atoms. The molecule has 0 radical (unpaired) electrons. The number of thioether (sulfide) groups is 1. The Kier molecular flexibility index (Phi) is 7.79. The number of imidazole rings is 1. The summed E-state index contributed by atoms with van der Waals surface area (Å²) in [6.07, 6.45) is -1.47. The number of hydrogen-bond acceptors (Lipinski definition) is 4. The highest BCUT2D eigenvalue weighted by Crippen LogP contribution is 2.36. The van der Waals surface area contributed by atoms with Gasteiger partial charge < -0.3 is 9.30 Å². The number of hydrogen-bond donors (Lipinski definition) is 0. The van der Waals surface area contributed by atoms with Crippen molar-refractivity contribution in [2.75, 3.05) is 5.75 Å². The lowest BCUT2D eigenvalue weighted by atomic mass is 9.75. The Morgan fingerprint density at radius 2 is 1.91 bits per heavy atom. The minimum absolute atomic E-state index is 0.0555. The molecule has 0 bridgehead atoms. The molecule has 1 heterocycles. The molecule has 3 aromatic rings. The first-order valence-electron chi connectivity index (χ1n) is 12.1. The monoisotopic (exact) mass is 504 g/mol. The van der Waals surface area contributed by atoms with Gasteiger partial charge in [-0.2, -0.15) is 13.2 Å². The highest BCUT2D eigenvalue weighted by molar-refractivity contribution is 7.99. The van der Waals surface area contributed by atoms with Crippen molar-refractivity contribution in [3.8, 4) is 0 Å². The highest BCUT2D eigenvalue weighted by Gasteiger charge is 2.34. The molecule has 8 heteroatoms. The van der Waals surface area contributed by atoms with Gasteiger partial charge in [0.05, 0.1) is 28.9 Å². The normalized spacial score (nSPS) is 20.9. The van der Waals surface area contributed by atoms with E-state index >= 15 is 0 Å². The summed E-state index contributed by atoms with van der Waals surface area (Å²) in [4.78, 5) is 17.3. The van der Waals surface area contributed by atoms with Crippen molar-refractivity contribution in [1.82, 2.24) is 9.55 Å². The summed E-state index contributed by atoms with van der Waals surface area (Å²) in [5.74, 6) is 1.05. The molecule has 1 aliphatic rings. The second kappa shape index (κ2) is 10.6. The topological polar surface area (TPSA) is 44.1 Å². The first kappa shape index (κ1) is 25.6. The van der Waals surface area contributed by atoms with Crippen LogP contribution in [-0.4, -0.2) is 27.4 Å². The fourth-order valence-corrected chi connectivity index (χ4v) is 5.69. The Bertz CT molecular complexity index is 1160. The molecule has 0 N–H and O–H groups in total. The van der Waals surface area contributed by atoms with E-state index in [1.807, 2.05) is 34.9 Å². The van der Waals surface area contributed by atoms with Gasteiger partial charge in [0.15, 0.2) is 5.16 Å². The molecule has 0 saturated heterocycles. The van der Waals surface area contributed by atoms with Gasteiger partial charge in [0.25, 0.3) is 0 Å². The number of carbonyl (C=O) groups is 1. The highest BCUT2D eigenvalue weighted by atomic mass is 32.2. The van der Waals surface area contributed by atoms with Crippen LogP contribution in [0.3, 0.4) is 0 Å². The lowest BCUT2D eigenvalue weighted by Gasteiger charge is -2.36. The molecule has 4 rings (SSSR count). The SMILES string of the molecule is CC(C)[C@H]1CC[C@@H](C)C[C@@H]1OC(=O)CSc1nc2cc(C(F)(F)F)ccc2n1Cc1ccccc1. The summed E-state index contributed by atoms with van der Waals surface area (Å²) in [5.41, 5.74) is 1.11. The Balaban J connectivity index is 1.55. The molecule has 0 amide bonds.